The van der Waals surface area contributed by atoms with E-state index < -0.39 is 22.2 Å². The standard InChI is InChI=1S/C13H8BrClFNO3/c14-7-8-4-5-9(15)6-12(8)20-13-10(16)2-1-3-11(13)17(18)19/h1-6H,7H2. The van der Waals surface area contributed by atoms with Crippen molar-refractivity contribution in [1.82, 2.24) is 0 Å². The van der Waals surface area contributed by atoms with E-state index in [4.69, 9.17) is 16.3 Å². The summed E-state index contributed by atoms with van der Waals surface area (Å²) in [6.45, 7) is 0. The lowest BCUT2D eigenvalue weighted by atomic mass is 10.2. The predicted molar refractivity (Wildman–Crippen MR) is 77.2 cm³/mol. The fourth-order valence-electron chi connectivity index (χ4n) is 1.59. The van der Waals surface area contributed by atoms with Gasteiger partial charge in [0, 0.05) is 22.0 Å². The number of rotatable bonds is 4. The maximum Gasteiger partial charge on any atom is 0.314 e. The van der Waals surface area contributed by atoms with Crippen LogP contribution in [0.2, 0.25) is 5.02 Å². The van der Waals surface area contributed by atoms with Crippen molar-refractivity contribution in [1.29, 1.82) is 0 Å². The lowest BCUT2D eigenvalue weighted by Crippen LogP contribution is -1.97. The van der Waals surface area contributed by atoms with Gasteiger partial charge in [0.1, 0.15) is 5.75 Å². The smallest absolute Gasteiger partial charge is 0.314 e. The van der Waals surface area contributed by atoms with Crippen LogP contribution in [0.4, 0.5) is 10.1 Å². The fraction of sp³-hybridized carbons (Fsp3) is 0.0769. The molecule has 0 heterocycles. The van der Waals surface area contributed by atoms with Gasteiger partial charge in [-0.15, -0.1) is 0 Å². The molecule has 0 aliphatic carbocycles. The van der Waals surface area contributed by atoms with E-state index in [0.29, 0.717) is 15.9 Å². The van der Waals surface area contributed by atoms with Gasteiger partial charge in [0.25, 0.3) is 0 Å². The van der Waals surface area contributed by atoms with Crippen LogP contribution in [-0.2, 0) is 5.33 Å². The number of benzene rings is 2. The van der Waals surface area contributed by atoms with Gasteiger partial charge in [0.05, 0.1) is 4.92 Å². The number of hydrogen-bond acceptors (Lipinski definition) is 3. The van der Waals surface area contributed by atoms with E-state index in [1.54, 1.807) is 12.1 Å². The molecule has 0 unspecified atom stereocenters. The maximum absolute atomic E-state index is 13.8. The van der Waals surface area contributed by atoms with Crippen molar-refractivity contribution in [3.05, 3.63) is 62.9 Å². The van der Waals surface area contributed by atoms with Crippen LogP contribution in [0.5, 0.6) is 11.5 Å². The van der Waals surface area contributed by atoms with E-state index >= 15 is 0 Å². The van der Waals surface area contributed by atoms with E-state index in [2.05, 4.69) is 15.9 Å². The Bertz CT molecular complexity index is 666. The molecule has 0 fully saturated rings. The minimum absolute atomic E-state index is 0.266. The van der Waals surface area contributed by atoms with Gasteiger partial charge in [-0.2, -0.15) is 0 Å². The van der Waals surface area contributed by atoms with E-state index in [1.165, 1.54) is 18.2 Å². The quantitative estimate of drug-likeness (QED) is 0.434. The Morgan fingerprint density at radius 1 is 1.35 bits per heavy atom. The van der Waals surface area contributed by atoms with Crippen LogP contribution >= 0.6 is 27.5 Å². The Morgan fingerprint density at radius 2 is 2.10 bits per heavy atom. The molecule has 104 valence electrons. The van der Waals surface area contributed by atoms with Gasteiger partial charge in [0.15, 0.2) is 5.82 Å². The molecule has 2 rings (SSSR count). The molecule has 2 aromatic rings. The Balaban J connectivity index is 2.50. The van der Waals surface area contributed by atoms with E-state index in [-0.39, 0.29) is 5.75 Å². The third-order valence-electron chi connectivity index (χ3n) is 2.53. The van der Waals surface area contributed by atoms with Crippen molar-refractivity contribution in [3.63, 3.8) is 0 Å². The Kier molecular flexibility index (Phi) is 4.57. The van der Waals surface area contributed by atoms with Crippen molar-refractivity contribution in [2.45, 2.75) is 5.33 Å². The highest BCUT2D eigenvalue weighted by atomic mass is 79.9. The summed E-state index contributed by atoms with van der Waals surface area (Å²) in [5.74, 6) is -0.968. The number of alkyl halides is 1. The van der Waals surface area contributed by atoms with E-state index in [0.717, 1.165) is 6.07 Å². The first-order chi connectivity index (χ1) is 9.52. The van der Waals surface area contributed by atoms with E-state index in [9.17, 15) is 14.5 Å². The SMILES string of the molecule is O=[N+]([O-])c1cccc(F)c1Oc1cc(Cl)ccc1CBr. The summed E-state index contributed by atoms with van der Waals surface area (Å²) in [7, 11) is 0. The lowest BCUT2D eigenvalue weighted by molar-refractivity contribution is -0.385. The fourth-order valence-corrected chi connectivity index (χ4v) is 2.21. The highest BCUT2D eigenvalue weighted by Crippen LogP contribution is 2.36. The monoisotopic (exact) mass is 359 g/mol. The third-order valence-corrected chi connectivity index (χ3v) is 3.37. The number of nitro benzene ring substituents is 1. The van der Waals surface area contributed by atoms with Crippen LogP contribution in [0.3, 0.4) is 0 Å². The topological polar surface area (TPSA) is 52.4 Å². The van der Waals surface area contributed by atoms with Crippen LogP contribution in [0.25, 0.3) is 0 Å². The first kappa shape index (κ1) is 14.7. The second-order valence-corrected chi connectivity index (χ2v) is 4.83. The van der Waals surface area contributed by atoms with E-state index in [1.807, 2.05) is 0 Å². The molecule has 0 amide bonds. The Morgan fingerprint density at radius 3 is 2.75 bits per heavy atom. The zero-order valence-electron chi connectivity index (χ0n) is 9.98. The van der Waals surface area contributed by atoms with Gasteiger partial charge in [0.2, 0.25) is 5.75 Å². The van der Waals surface area contributed by atoms with Crippen LogP contribution in [0, 0.1) is 15.9 Å². The highest BCUT2D eigenvalue weighted by Gasteiger charge is 2.21. The van der Waals surface area contributed by atoms with Crippen LogP contribution in [0.1, 0.15) is 5.56 Å². The number of para-hydroxylation sites is 1. The van der Waals surface area contributed by atoms with Gasteiger partial charge in [-0.1, -0.05) is 39.7 Å². The summed E-state index contributed by atoms with van der Waals surface area (Å²) in [5.41, 5.74) is 0.262. The molecule has 0 aliphatic heterocycles. The zero-order valence-corrected chi connectivity index (χ0v) is 12.3. The van der Waals surface area contributed by atoms with Crippen molar-refractivity contribution in [2.75, 3.05) is 0 Å². The Hall–Kier alpha value is -1.66. The van der Waals surface area contributed by atoms with Gasteiger partial charge in [-0.05, 0) is 18.2 Å². The van der Waals surface area contributed by atoms with Crippen molar-refractivity contribution < 1.29 is 14.1 Å². The second kappa shape index (κ2) is 6.19. The largest absolute Gasteiger partial charge is 0.447 e. The summed E-state index contributed by atoms with van der Waals surface area (Å²) in [5, 5.41) is 11.7. The summed E-state index contributed by atoms with van der Waals surface area (Å²) in [4.78, 5) is 10.2. The highest BCUT2D eigenvalue weighted by molar-refractivity contribution is 9.08. The molecule has 0 spiro atoms. The number of ether oxygens (including phenoxy) is 1. The minimum atomic E-state index is -0.806. The molecule has 0 aliphatic rings. The van der Waals surface area contributed by atoms with Crippen LogP contribution < -0.4 is 4.74 Å². The van der Waals surface area contributed by atoms with Gasteiger partial charge < -0.3 is 4.74 Å². The molecule has 0 bridgehead atoms. The minimum Gasteiger partial charge on any atom is -0.447 e. The second-order valence-electron chi connectivity index (χ2n) is 3.83. The van der Waals surface area contributed by atoms with Crippen LogP contribution in [-0.4, -0.2) is 4.92 Å². The Labute approximate surface area is 127 Å². The first-order valence-corrected chi connectivity index (χ1v) is 6.98. The van der Waals surface area contributed by atoms with Crippen molar-refractivity contribution >= 4 is 33.2 Å². The van der Waals surface area contributed by atoms with Crippen molar-refractivity contribution in [3.8, 4) is 11.5 Å². The molecule has 0 saturated carbocycles. The molecular formula is C13H8BrClFNO3. The molecular weight excluding hydrogens is 353 g/mol. The summed E-state index contributed by atoms with van der Waals surface area (Å²) >= 11 is 9.12. The molecule has 2 aromatic carbocycles. The van der Waals surface area contributed by atoms with Gasteiger partial charge in [-0.25, -0.2) is 4.39 Å². The molecule has 20 heavy (non-hydrogen) atoms. The third kappa shape index (κ3) is 3.08. The molecule has 0 atom stereocenters. The normalized spacial score (nSPS) is 10.3. The number of nitrogens with zero attached hydrogens (tertiary/aromatic N) is 1. The molecule has 0 N–H and O–H groups in total. The van der Waals surface area contributed by atoms with Crippen LogP contribution in [0.15, 0.2) is 36.4 Å². The van der Waals surface area contributed by atoms with Gasteiger partial charge in [-0.3, -0.25) is 10.1 Å². The zero-order chi connectivity index (χ0) is 14.7. The van der Waals surface area contributed by atoms with Gasteiger partial charge >= 0.3 is 5.69 Å². The lowest BCUT2D eigenvalue weighted by Gasteiger charge is -2.11. The van der Waals surface area contributed by atoms with Crippen molar-refractivity contribution in [2.24, 2.45) is 0 Å². The number of hydrogen-bond donors (Lipinski definition) is 0. The average Bonchev–Trinajstić information content (AvgIpc) is 2.41. The summed E-state index contributed by atoms with van der Waals surface area (Å²) in [6.07, 6.45) is 0. The molecule has 0 radical (unpaired) electrons. The predicted octanol–water partition coefficient (Wildman–Crippen LogP) is 5.07. The molecule has 0 aromatic heterocycles. The average molecular weight is 361 g/mol. The maximum atomic E-state index is 13.8. The summed E-state index contributed by atoms with van der Waals surface area (Å²) in [6, 6.07) is 8.36. The molecule has 0 saturated heterocycles. The number of halogens is 3. The molecule has 7 heteroatoms. The first-order valence-electron chi connectivity index (χ1n) is 5.48. The summed E-state index contributed by atoms with van der Waals surface area (Å²) < 4.78 is 19.1. The number of nitro groups is 1. The molecule has 4 nitrogen and oxygen atoms in total.